The molecule has 7 nitrogen and oxygen atoms in total. The van der Waals surface area contributed by atoms with Crippen LogP contribution in [0.2, 0.25) is 5.02 Å². The monoisotopic (exact) mass is 416 g/mol. The molecule has 1 N–H and O–H groups in total. The summed E-state index contributed by atoms with van der Waals surface area (Å²) in [5.74, 6) is 0.669. The number of halogens is 1. The Morgan fingerprint density at radius 1 is 1.17 bits per heavy atom. The molecule has 0 saturated carbocycles. The highest BCUT2D eigenvalue weighted by molar-refractivity contribution is 6.30. The summed E-state index contributed by atoms with van der Waals surface area (Å²) >= 11 is 5.86. The fourth-order valence-corrected chi connectivity index (χ4v) is 3.32. The van der Waals surface area contributed by atoms with Gasteiger partial charge in [-0.25, -0.2) is 0 Å². The number of ether oxygens (including phenoxy) is 1. The van der Waals surface area contributed by atoms with Crippen LogP contribution >= 0.6 is 11.6 Å². The van der Waals surface area contributed by atoms with E-state index in [2.05, 4.69) is 0 Å². The van der Waals surface area contributed by atoms with E-state index in [0.29, 0.717) is 30.3 Å². The van der Waals surface area contributed by atoms with Crippen molar-refractivity contribution >= 4 is 29.3 Å². The summed E-state index contributed by atoms with van der Waals surface area (Å²) in [7, 11) is 0. The average molecular weight is 417 g/mol. The number of hydrogen-bond acceptors (Lipinski definition) is 4. The third-order valence-corrected chi connectivity index (χ3v) is 5.11. The number of amides is 1. The molecule has 1 heterocycles. The number of rotatable bonds is 7. The summed E-state index contributed by atoms with van der Waals surface area (Å²) < 4.78 is 5.73. The number of nitrogens with one attached hydrogen (secondary N) is 1. The van der Waals surface area contributed by atoms with Crippen LogP contribution in [0, 0.1) is 10.1 Å². The van der Waals surface area contributed by atoms with Gasteiger partial charge in [0.05, 0.1) is 36.7 Å². The van der Waals surface area contributed by atoms with Gasteiger partial charge in [-0.3, -0.25) is 14.9 Å². The topological polar surface area (TPSA) is 77.1 Å². The molecule has 0 atom stereocenters. The molecular weight excluding hydrogens is 394 g/mol. The van der Waals surface area contributed by atoms with E-state index in [1.807, 2.05) is 12.1 Å². The molecule has 3 rings (SSSR count). The average Bonchev–Trinajstić information content (AvgIpc) is 2.74. The first-order valence-electron chi connectivity index (χ1n) is 9.45. The number of nitro groups is 1. The number of para-hydroxylation sites is 1. The predicted molar refractivity (Wildman–Crippen MR) is 111 cm³/mol. The molecule has 2 aromatic carbocycles. The maximum absolute atomic E-state index is 12.4. The Bertz CT molecular complexity index is 878. The Labute approximate surface area is 174 Å². The molecule has 152 valence electrons. The zero-order valence-corrected chi connectivity index (χ0v) is 16.7. The first-order chi connectivity index (χ1) is 14.0. The number of benzene rings is 2. The summed E-state index contributed by atoms with van der Waals surface area (Å²) in [6.45, 7) is 4.44. The molecule has 29 heavy (non-hydrogen) atoms. The lowest BCUT2D eigenvalue weighted by atomic mass is 10.1. The maximum atomic E-state index is 12.4. The highest BCUT2D eigenvalue weighted by Gasteiger charge is 2.22. The number of carbonyl (C=O) groups excluding carboxylic acids is 1. The molecule has 1 fully saturated rings. The molecule has 0 unspecified atom stereocenters. The Kier molecular flexibility index (Phi) is 7.21. The first kappa shape index (κ1) is 20.8. The van der Waals surface area contributed by atoms with Crippen molar-refractivity contribution in [1.82, 2.24) is 4.90 Å². The van der Waals surface area contributed by atoms with Crippen molar-refractivity contribution < 1.29 is 19.4 Å². The van der Waals surface area contributed by atoms with E-state index < -0.39 is 4.92 Å². The molecular formula is C21H23ClN3O4+. The van der Waals surface area contributed by atoms with Crippen LogP contribution in [0.15, 0.2) is 54.6 Å². The summed E-state index contributed by atoms with van der Waals surface area (Å²) in [6, 6.07) is 13.7. The largest absolute Gasteiger partial charge is 0.488 e. The first-order valence-corrected chi connectivity index (χ1v) is 9.83. The van der Waals surface area contributed by atoms with Crippen molar-refractivity contribution in [3.63, 3.8) is 0 Å². The molecule has 0 aromatic heterocycles. The molecule has 8 heteroatoms. The van der Waals surface area contributed by atoms with E-state index in [9.17, 15) is 14.9 Å². The van der Waals surface area contributed by atoms with Gasteiger partial charge in [0.2, 0.25) is 5.91 Å². The number of nitrogens with zero attached hydrogens (tertiary/aromatic N) is 2. The molecule has 0 spiro atoms. The van der Waals surface area contributed by atoms with Crippen molar-refractivity contribution in [2.75, 3.05) is 39.3 Å². The Hall–Kier alpha value is -2.90. The molecule has 2 aromatic rings. The van der Waals surface area contributed by atoms with Gasteiger partial charge in [-0.2, -0.15) is 0 Å². The van der Waals surface area contributed by atoms with Crippen molar-refractivity contribution in [3.8, 4) is 5.75 Å². The summed E-state index contributed by atoms with van der Waals surface area (Å²) in [6.07, 6.45) is 2.93. The van der Waals surface area contributed by atoms with Gasteiger partial charge in [-0.15, -0.1) is 0 Å². The van der Waals surface area contributed by atoms with E-state index >= 15 is 0 Å². The number of hydrogen-bond donors (Lipinski definition) is 1. The van der Waals surface area contributed by atoms with Crippen LogP contribution in [-0.2, 0) is 4.79 Å². The second-order valence-corrected chi connectivity index (χ2v) is 7.21. The zero-order valence-electron chi connectivity index (χ0n) is 15.9. The number of quaternary nitrogens is 1. The SMILES string of the molecule is O=C(/C=C/c1ccccc1[N+](=O)[O-])N1CC[NH+](CCOc2ccc(Cl)cc2)CC1. The van der Waals surface area contributed by atoms with E-state index in [1.54, 1.807) is 35.2 Å². The molecule has 1 aliphatic heterocycles. The normalized spacial score (nSPS) is 14.9. The smallest absolute Gasteiger partial charge is 0.276 e. The highest BCUT2D eigenvalue weighted by Crippen LogP contribution is 2.19. The van der Waals surface area contributed by atoms with E-state index in [-0.39, 0.29) is 11.6 Å². The fourth-order valence-electron chi connectivity index (χ4n) is 3.20. The van der Waals surface area contributed by atoms with Crippen LogP contribution in [0.25, 0.3) is 6.08 Å². The quantitative estimate of drug-likeness (QED) is 0.426. The molecule has 0 radical (unpaired) electrons. The fraction of sp³-hybridized carbons (Fsp3) is 0.286. The minimum atomic E-state index is -0.446. The van der Waals surface area contributed by atoms with Crippen molar-refractivity contribution in [2.45, 2.75) is 0 Å². The van der Waals surface area contributed by atoms with Gasteiger partial charge < -0.3 is 14.5 Å². The van der Waals surface area contributed by atoms with Gasteiger partial charge in [0.25, 0.3) is 5.69 Å². The third-order valence-electron chi connectivity index (χ3n) is 4.86. The second kappa shape index (κ2) is 10.0. The van der Waals surface area contributed by atoms with Crippen LogP contribution < -0.4 is 9.64 Å². The third kappa shape index (κ3) is 6.04. The number of piperazine rings is 1. The van der Waals surface area contributed by atoms with Crippen molar-refractivity contribution in [3.05, 3.63) is 75.3 Å². The highest BCUT2D eigenvalue weighted by atomic mass is 35.5. The molecule has 1 amide bonds. The van der Waals surface area contributed by atoms with E-state index in [4.69, 9.17) is 16.3 Å². The van der Waals surface area contributed by atoms with Gasteiger partial charge in [-0.1, -0.05) is 23.7 Å². The Balaban J connectivity index is 1.43. The number of nitro benzene ring substituents is 1. The molecule has 0 aliphatic carbocycles. The molecule has 1 saturated heterocycles. The maximum Gasteiger partial charge on any atom is 0.276 e. The summed E-state index contributed by atoms with van der Waals surface area (Å²) in [4.78, 5) is 26.2. The predicted octanol–water partition coefficient (Wildman–Crippen LogP) is 2.07. The van der Waals surface area contributed by atoms with Gasteiger partial charge in [0, 0.05) is 17.2 Å². The summed E-state index contributed by atoms with van der Waals surface area (Å²) in [5, 5.41) is 11.7. The van der Waals surface area contributed by atoms with Crippen molar-refractivity contribution in [2.24, 2.45) is 0 Å². The lowest BCUT2D eigenvalue weighted by molar-refractivity contribution is -0.904. The van der Waals surface area contributed by atoms with Crippen LogP contribution in [0.1, 0.15) is 5.56 Å². The second-order valence-electron chi connectivity index (χ2n) is 6.78. The van der Waals surface area contributed by atoms with Crippen LogP contribution in [0.4, 0.5) is 5.69 Å². The van der Waals surface area contributed by atoms with Gasteiger partial charge in [0.1, 0.15) is 18.9 Å². The standard InChI is InChI=1S/C21H22ClN3O4/c22-18-6-8-19(9-7-18)29-16-15-23-11-13-24(14-12-23)21(26)10-5-17-3-1-2-4-20(17)25(27)28/h1-10H,11-16H2/p+1/b10-5+. The minimum absolute atomic E-state index is 0.00787. The van der Waals surface area contributed by atoms with E-state index in [1.165, 1.54) is 23.1 Å². The van der Waals surface area contributed by atoms with Crippen LogP contribution in [0.3, 0.4) is 0 Å². The van der Waals surface area contributed by atoms with Crippen molar-refractivity contribution in [1.29, 1.82) is 0 Å². The van der Waals surface area contributed by atoms with Gasteiger partial charge in [-0.05, 0) is 36.4 Å². The summed E-state index contributed by atoms with van der Waals surface area (Å²) in [5.41, 5.74) is 0.418. The van der Waals surface area contributed by atoms with Gasteiger partial charge >= 0.3 is 0 Å². The Morgan fingerprint density at radius 3 is 2.55 bits per heavy atom. The Morgan fingerprint density at radius 2 is 1.86 bits per heavy atom. The number of carbonyl (C=O) groups is 1. The van der Waals surface area contributed by atoms with Crippen LogP contribution in [-0.4, -0.2) is 55.1 Å². The van der Waals surface area contributed by atoms with Crippen LogP contribution in [0.5, 0.6) is 5.75 Å². The minimum Gasteiger partial charge on any atom is -0.488 e. The zero-order chi connectivity index (χ0) is 20.6. The molecule has 1 aliphatic rings. The van der Waals surface area contributed by atoms with Gasteiger partial charge in [0.15, 0.2) is 0 Å². The molecule has 0 bridgehead atoms. The van der Waals surface area contributed by atoms with E-state index in [0.717, 1.165) is 25.4 Å². The lowest BCUT2D eigenvalue weighted by Gasteiger charge is -2.31. The lowest BCUT2D eigenvalue weighted by Crippen LogP contribution is -3.15.